The molecule has 0 radical (unpaired) electrons. The molecule has 0 aromatic rings. The summed E-state index contributed by atoms with van der Waals surface area (Å²) in [5, 5.41) is 6.49. The van der Waals surface area contributed by atoms with E-state index < -0.39 is 5.60 Å². The van der Waals surface area contributed by atoms with E-state index in [1.165, 1.54) is 19.3 Å². The third-order valence-electron chi connectivity index (χ3n) is 4.05. The molecule has 20 heavy (non-hydrogen) atoms. The normalized spacial score (nSPS) is 28.9. The molecule has 1 saturated carbocycles. The molecule has 2 fully saturated rings. The lowest BCUT2D eigenvalue weighted by molar-refractivity contribution is 0.0413. The van der Waals surface area contributed by atoms with Crippen LogP contribution in [0.5, 0.6) is 0 Å². The molecule has 5 nitrogen and oxygen atoms in total. The van der Waals surface area contributed by atoms with E-state index in [-0.39, 0.29) is 12.1 Å². The van der Waals surface area contributed by atoms with Gasteiger partial charge in [0.1, 0.15) is 5.60 Å². The van der Waals surface area contributed by atoms with Crippen molar-refractivity contribution in [3.8, 4) is 0 Å². The summed E-state index contributed by atoms with van der Waals surface area (Å²) in [7, 11) is 0. The van der Waals surface area contributed by atoms with Crippen molar-refractivity contribution < 1.29 is 9.53 Å². The van der Waals surface area contributed by atoms with Crippen LogP contribution in [-0.4, -0.2) is 54.9 Å². The van der Waals surface area contributed by atoms with E-state index in [1.54, 1.807) is 0 Å². The molecule has 0 aromatic carbocycles. The Hall–Kier alpha value is -0.810. The number of piperazine rings is 1. The van der Waals surface area contributed by atoms with Crippen molar-refractivity contribution in [3.63, 3.8) is 0 Å². The van der Waals surface area contributed by atoms with E-state index >= 15 is 0 Å². The van der Waals surface area contributed by atoms with E-state index in [9.17, 15) is 4.79 Å². The molecule has 116 valence electrons. The molecule has 0 bridgehead atoms. The van der Waals surface area contributed by atoms with Gasteiger partial charge in [0.15, 0.2) is 0 Å². The van der Waals surface area contributed by atoms with E-state index in [2.05, 4.69) is 15.5 Å². The summed E-state index contributed by atoms with van der Waals surface area (Å²) < 4.78 is 5.40. The minimum atomic E-state index is -0.427. The zero-order chi connectivity index (χ0) is 14.6. The van der Waals surface area contributed by atoms with Crippen molar-refractivity contribution in [1.82, 2.24) is 15.5 Å². The Morgan fingerprint density at radius 2 is 1.85 bits per heavy atom. The number of ether oxygens (including phenoxy) is 1. The molecule has 1 aliphatic heterocycles. The molecule has 0 unspecified atom stereocenters. The zero-order valence-corrected chi connectivity index (χ0v) is 13.1. The highest BCUT2D eigenvalue weighted by molar-refractivity contribution is 5.68. The lowest BCUT2D eigenvalue weighted by Gasteiger charge is -2.42. The number of rotatable bonds is 2. The van der Waals surface area contributed by atoms with Crippen LogP contribution in [0.3, 0.4) is 0 Å². The summed E-state index contributed by atoms with van der Waals surface area (Å²) in [6, 6.07) is 0.704. The smallest absolute Gasteiger partial charge is 0.407 e. The number of hydrogen-bond acceptors (Lipinski definition) is 4. The largest absolute Gasteiger partial charge is 0.444 e. The number of alkyl carbamates (subject to hydrolysis) is 1. The minimum Gasteiger partial charge on any atom is -0.444 e. The van der Waals surface area contributed by atoms with E-state index in [0.29, 0.717) is 6.04 Å². The van der Waals surface area contributed by atoms with Crippen LogP contribution >= 0.6 is 0 Å². The third kappa shape index (κ3) is 4.63. The molecule has 0 aromatic heterocycles. The second-order valence-corrected chi connectivity index (χ2v) is 6.89. The van der Waals surface area contributed by atoms with E-state index in [4.69, 9.17) is 4.74 Å². The molecule has 1 amide bonds. The van der Waals surface area contributed by atoms with Gasteiger partial charge < -0.3 is 15.4 Å². The maximum absolute atomic E-state index is 12.0. The van der Waals surface area contributed by atoms with Gasteiger partial charge in [-0.1, -0.05) is 12.8 Å². The monoisotopic (exact) mass is 283 g/mol. The lowest BCUT2D eigenvalue weighted by atomic mass is 9.89. The highest BCUT2D eigenvalue weighted by Gasteiger charge is 2.32. The van der Waals surface area contributed by atoms with E-state index in [1.807, 2.05) is 20.8 Å². The van der Waals surface area contributed by atoms with Gasteiger partial charge in [-0.15, -0.1) is 0 Å². The molecule has 1 heterocycles. The summed E-state index contributed by atoms with van der Waals surface area (Å²) in [4.78, 5) is 14.5. The van der Waals surface area contributed by atoms with Crippen LogP contribution in [0, 0.1) is 0 Å². The number of nitrogens with one attached hydrogen (secondary N) is 2. The average molecular weight is 283 g/mol. The van der Waals surface area contributed by atoms with Gasteiger partial charge in [0.2, 0.25) is 0 Å². The lowest BCUT2D eigenvalue weighted by Crippen LogP contribution is -2.58. The molecular formula is C15H29N3O2. The maximum atomic E-state index is 12.0. The second kappa shape index (κ2) is 6.76. The summed E-state index contributed by atoms with van der Waals surface area (Å²) in [6.45, 7) is 9.98. The molecule has 1 saturated heterocycles. The summed E-state index contributed by atoms with van der Waals surface area (Å²) in [5.41, 5.74) is -0.427. The molecule has 2 atom stereocenters. The van der Waals surface area contributed by atoms with Crippen LogP contribution in [-0.2, 0) is 4.74 Å². The Morgan fingerprint density at radius 3 is 2.50 bits per heavy atom. The summed E-state index contributed by atoms with van der Waals surface area (Å²) in [6.07, 6.45) is 4.43. The fourth-order valence-electron chi connectivity index (χ4n) is 3.19. The van der Waals surface area contributed by atoms with Crippen molar-refractivity contribution in [2.24, 2.45) is 0 Å². The van der Waals surface area contributed by atoms with Crippen LogP contribution in [0.4, 0.5) is 4.79 Å². The summed E-state index contributed by atoms with van der Waals surface area (Å²) >= 11 is 0. The molecule has 5 heteroatoms. The number of amides is 1. The fourth-order valence-corrected chi connectivity index (χ4v) is 3.19. The second-order valence-electron chi connectivity index (χ2n) is 6.89. The first-order valence-corrected chi connectivity index (χ1v) is 7.90. The highest BCUT2D eigenvalue weighted by atomic mass is 16.6. The van der Waals surface area contributed by atoms with Crippen molar-refractivity contribution >= 4 is 6.09 Å². The first-order valence-electron chi connectivity index (χ1n) is 7.90. The molecule has 2 rings (SSSR count). The quantitative estimate of drug-likeness (QED) is 0.810. The predicted molar refractivity (Wildman–Crippen MR) is 79.9 cm³/mol. The van der Waals surface area contributed by atoms with Gasteiger partial charge in [0, 0.05) is 38.3 Å². The van der Waals surface area contributed by atoms with Crippen LogP contribution in [0.25, 0.3) is 0 Å². The Labute approximate surface area is 122 Å². The molecule has 2 N–H and O–H groups in total. The fraction of sp³-hybridized carbons (Fsp3) is 0.933. The van der Waals surface area contributed by atoms with Gasteiger partial charge in [0.25, 0.3) is 0 Å². The third-order valence-corrected chi connectivity index (χ3v) is 4.05. The number of nitrogens with zero attached hydrogens (tertiary/aromatic N) is 1. The molecule has 0 spiro atoms. The number of carbonyl (C=O) groups is 1. The number of hydrogen-bond donors (Lipinski definition) is 2. The van der Waals surface area contributed by atoms with Crippen LogP contribution < -0.4 is 10.6 Å². The Morgan fingerprint density at radius 1 is 1.20 bits per heavy atom. The Kier molecular flexibility index (Phi) is 5.27. The van der Waals surface area contributed by atoms with Gasteiger partial charge in [0.05, 0.1) is 0 Å². The van der Waals surface area contributed by atoms with Crippen LogP contribution in [0.15, 0.2) is 0 Å². The molecule has 1 aliphatic carbocycles. The van der Waals surface area contributed by atoms with Gasteiger partial charge in [-0.2, -0.15) is 0 Å². The van der Waals surface area contributed by atoms with Crippen molar-refractivity contribution in [3.05, 3.63) is 0 Å². The summed E-state index contributed by atoms with van der Waals surface area (Å²) in [5.74, 6) is 0. The van der Waals surface area contributed by atoms with Gasteiger partial charge >= 0.3 is 6.09 Å². The standard InChI is InChI=1S/C15H29N3O2/c1-15(2,3)20-14(19)17-12-6-4-5-7-13(12)18-10-8-16-9-11-18/h12-13,16H,4-11H2,1-3H3,(H,17,19)/t12-,13+/m1/s1. The SMILES string of the molecule is CC(C)(C)OC(=O)N[C@@H]1CCCC[C@@H]1N1CCNCC1. The zero-order valence-electron chi connectivity index (χ0n) is 13.1. The van der Waals surface area contributed by atoms with Crippen molar-refractivity contribution in [1.29, 1.82) is 0 Å². The van der Waals surface area contributed by atoms with Crippen LogP contribution in [0.2, 0.25) is 0 Å². The minimum absolute atomic E-state index is 0.233. The molecule has 2 aliphatic rings. The van der Waals surface area contributed by atoms with Gasteiger partial charge in [-0.25, -0.2) is 4.79 Å². The first-order chi connectivity index (χ1) is 9.46. The Balaban J connectivity index is 1.91. The predicted octanol–water partition coefficient (Wildman–Crippen LogP) is 1.73. The number of carbonyl (C=O) groups excluding carboxylic acids is 1. The van der Waals surface area contributed by atoms with Crippen LogP contribution in [0.1, 0.15) is 46.5 Å². The first kappa shape index (κ1) is 15.6. The van der Waals surface area contributed by atoms with Crippen molar-refractivity contribution in [2.75, 3.05) is 26.2 Å². The van der Waals surface area contributed by atoms with Gasteiger partial charge in [-0.05, 0) is 33.6 Å². The highest BCUT2D eigenvalue weighted by Crippen LogP contribution is 2.24. The average Bonchev–Trinajstić information content (AvgIpc) is 2.38. The van der Waals surface area contributed by atoms with Crippen molar-refractivity contribution in [2.45, 2.75) is 64.1 Å². The maximum Gasteiger partial charge on any atom is 0.407 e. The topological polar surface area (TPSA) is 53.6 Å². The Bertz CT molecular complexity index is 322. The van der Waals surface area contributed by atoms with E-state index in [0.717, 1.165) is 32.6 Å². The van der Waals surface area contributed by atoms with Gasteiger partial charge in [-0.3, -0.25) is 4.90 Å². The molecular weight excluding hydrogens is 254 g/mol.